The monoisotopic (exact) mass is 267 g/mol. The highest BCUT2D eigenvalue weighted by molar-refractivity contribution is 6.30. The zero-order chi connectivity index (χ0) is 13.5. The summed E-state index contributed by atoms with van der Waals surface area (Å²) in [6.45, 7) is 6.49. The van der Waals surface area contributed by atoms with E-state index in [0.717, 1.165) is 18.8 Å². The first-order valence-electron chi connectivity index (χ1n) is 6.55. The maximum Gasteiger partial charge on any atom is 0.251 e. The molecular weight excluding hydrogens is 246 g/mol. The number of hydrogen-bond acceptors (Lipinski definition) is 1. The number of nitrogens with one attached hydrogen (secondary N) is 1. The first-order chi connectivity index (χ1) is 8.49. The van der Waals surface area contributed by atoms with Gasteiger partial charge >= 0.3 is 0 Å². The van der Waals surface area contributed by atoms with Crippen LogP contribution < -0.4 is 5.32 Å². The van der Waals surface area contributed by atoms with E-state index in [0.29, 0.717) is 10.6 Å². The van der Waals surface area contributed by atoms with Crippen LogP contribution in [0.2, 0.25) is 5.02 Å². The lowest BCUT2D eigenvalue weighted by Crippen LogP contribution is -2.32. The standard InChI is InChI=1S/C15H22ClNO/c1-11(2)5-4-6-12(3)17-15(18)13-7-9-14(16)10-8-13/h7-12H,4-6H2,1-3H3,(H,17,18)/t12-/m1/s1. The third kappa shape index (κ3) is 5.54. The summed E-state index contributed by atoms with van der Waals surface area (Å²) in [6, 6.07) is 7.18. The average molecular weight is 268 g/mol. The molecule has 100 valence electrons. The lowest BCUT2D eigenvalue weighted by atomic mass is 10.0. The second-order valence-electron chi connectivity index (χ2n) is 5.21. The molecule has 1 rings (SSSR count). The van der Waals surface area contributed by atoms with Crippen LogP contribution in [-0.4, -0.2) is 11.9 Å². The molecule has 0 spiro atoms. The summed E-state index contributed by atoms with van der Waals surface area (Å²) < 4.78 is 0. The largest absolute Gasteiger partial charge is 0.350 e. The topological polar surface area (TPSA) is 29.1 Å². The zero-order valence-corrected chi connectivity index (χ0v) is 12.1. The highest BCUT2D eigenvalue weighted by Crippen LogP contribution is 2.11. The van der Waals surface area contributed by atoms with Crippen LogP contribution in [0.3, 0.4) is 0 Å². The summed E-state index contributed by atoms with van der Waals surface area (Å²) >= 11 is 5.79. The number of amides is 1. The Kier molecular flexibility index (Phi) is 6.20. The SMILES string of the molecule is CC(C)CCC[C@@H](C)NC(=O)c1ccc(Cl)cc1. The van der Waals surface area contributed by atoms with Crippen LogP contribution in [-0.2, 0) is 0 Å². The van der Waals surface area contributed by atoms with Gasteiger partial charge in [-0.2, -0.15) is 0 Å². The maximum atomic E-state index is 11.9. The molecule has 1 aromatic rings. The molecule has 2 nitrogen and oxygen atoms in total. The number of carbonyl (C=O) groups excluding carboxylic acids is 1. The molecule has 1 amide bonds. The van der Waals surface area contributed by atoms with Crippen molar-refractivity contribution in [3.05, 3.63) is 34.9 Å². The second kappa shape index (κ2) is 7.42. The van der Waals surface area contributed by atoms with Crippen molar-refractivity contribution < 1.29 is 4.79 Å². The first-order valence-corrected chi connectivity index (χ1v) is 6.93. The molecule has 0 saturated heterocycles. The summed E-state index contributed by atoms with van der Waals surface area (Å²) in [5.74, 6) is 0.702. The van der Waals surface area contributed by atoms with Crippen LogP contribution >= 0.6 is 11.6 Å². The lowest BCUT2D eigenvalue weighted by molar-refractivity contribution is 0.0938. The summed E-state index contributed by atoms with van der Waals surface area (Å²) in [5, 5.41) is 3.66. The van der Waals surface area contributed by atoms with Crippen molar-refractivity contribution >= 4 is 17.5 Å². The normalized spacial score (nSPS) is 12.5. The minimum atomic E-state index is -0.0243. The van der Waals surface area contributed by atoms with Crippen LogP contribution in [0.15, 0.2) is 24.3 Å². The van der Waals surface area contributed by atoms with E-state index in [4.69, 9.17) is 11.6 Å². The van der Waals surface area contributed by atoms with E-state index in [2.05, 4.69) is 19.2 Å². The molecule has 0 radical (unpaired) electrons. The van der Waals surface area contributed by atoms with Gasteiger partial charge in [0.05, 0.1) is 0 Å². The van der Waals surface area contributed by atoms with Crippen LogP contribution in [0.1, 0.15) is 50.4 Å². The van der Waals surface area contributed by atoms with Gasteiger partial charge < -0.3 is 5.32 Å². The Morgan fingerprint density at radius 2 is 1.78 bits per heavy atom. The van der Waals surface area contributed by atoms with Crippen molar-refractivity contribution in [1.82, 2.24) is 5.32 Å². The summed E-state index contributed by atoms with van der Waals surface area (Å²) in [4.78, 5) is 11.9. The van der Waals surface area contributed by atoms with Gasteiger partial charge in [0.25, 0.3) is 5.91 Å². The Morgan fingerprint density at radius 1 is 1.17 bits per heavy atom. The molecule has 0 bridgehead atoms. The molecule has 0 heterocycles. The van der Waals surface area contributed by atoms with Crippen molar-refractivity contribution in [2.45, 2.75) is 46.1 Å². The molecule has 1 atom stereocenters. The fourth-order valence-electron chi connectivity index (χ4n) is 1.81. The third-order valence-corrected chi connectivity index (χ3v) is 3.15. The molecular formula is C15H22ClNO. The summed E-state index contributed by atoms with van der Waals surface area (Å²) in [5.41, 5.74) is 0.662. The fourth-order valence-corrected chi connectivity index (χ4v) is 1.94. The van der Waals surface area contributed by atoms with Crippen molar-refractivity contribution in [3.8, 4) is 0 Å². The highest BCUT2D eigenvalue weighted by atomic mass is 35.5. The molecule has 0 unspecified atom stereocenters. The maximum absolute atomic E-state index is 11.9. The van der Waals surface area contributed by atoms with Crippen LogP contribution in [0, 0.1) is 5.92 Å². The molecule has 1 aromatic carbocycles. The number of halogens is 1. The first kappa shape index (κ1) is 15.0. The van der Waals surface area contributed by atoms with Crippen molar-refractivity contribution in [1.29, 1.82) is 0 Å². The molecule has 1 N–H and O–H groups in total. The van der Waals surface area contributed by atoms with E-state index in [1.807, 2.05) is 6.92 Å². The van der Waals surface area contributed by atoms with Crippen LogP contribution in [0.5, 0.6) is 0 Å². The molecule has 0 aliphatic heterocycles. The second-order valence-corrected chi connectivity index (χ2v) is 5.64. The van der Waals surface area contributed by atoms with Gasteiger partial charge in [-0.3, -0.25) is 4.79 Å². The van der Waals surface area contributed by atoms with Crippen molar-refractivity contribution in [2.75, 3.05) is 0 Å². The van der Waals surface area contributed by atoms with Gasteiger partial charge in [-0.15, -0.1) is 0 Å². The Balaban J connectivity index is 2.37. The molecule has 0 aliphatic carbocycles. The summed E-state index contributed by atoms with van der Waals surface area (Å²) in [6.07, 6.45) is 3.39. The zero-order valence-electron chi connectivity index (χ0n) is 11.4. The quantitative estimate of drug-likeness (QED) is 0.819. The molecule has 0 aliphatic rings. The van der Waals surface area contributed by atoms with Crippen molar-refractivity contribution in [3.63, 3.8) is 0 Å². The number of hydrogen-bond donors (Lipinski definition) is 1. The van der Waals surface area contributed by atoms with E-state index in [1.54, 1.807) is 24.3 Å². The Morgan fingerprint density at radius 3 is 2.33 bits per heavy atom. The number of benzene rings is 1. The van der Waals surface area contributed by atoms with Crippen LogP contribution in [0.25, 0.3) is 0 Å². The van der Waals surface area contributed by atoms with Gasteiger partial charge in [0.2, 0.25) is 0 Å². The van der Waals surface area contributed by atoms with Gasteiger partial charge in [-0.1, -0.05) is 38.3 Å². The Bertz CT molecular complexity index is 373. The van der Waals surface area contributed by atoms with E-state index in [1.165, 1.54) is 6.42 Å². The number of rotatable bonds is 6. The van der Waals surface area contributed by atoms with Crippen LogP contribution in [0.4, 0.5) is 0 Å². The lowest BCUT2D eigenvalue weighted by Gasteiger charge is -2.14. The number of carbonyl (C=O) groups is 1. The van der Waals surface area contributed by atoms with Gasteiger partial charge in [-0.25, -0.2) is 0 Å². The smallest absolute Gasteiger partial charge is 0.251 e. The predicted molar refractivity (Wildman–Crippen MR) is 77.1 cm³/mol. The molecule has 0 aromatic heterocycles. The summed E-state index contributed by atoms with van der Waals surface area (Å²) in [7, 11) is 0. The van der Waals surface area contributed by atoms with Gasteiger partial charge in [-0.05, 0) is 43.5 Å². The van der Waals surface area contributed by atoms with Gasteiger partial charge in [0, 0.05) is 16.6 Å². The van der Waals surface area contributed by atoms with E-state index < -0.39 is 0 Å². The van der Waals surface area contributed by atoms with E-state index >= 15 is 0 Å². The molecule has 0 fully saturated rings. The predicted octanol–water partition coefficient (Wildman–Crippen LogP) is 4.28. The Labute approximate surface area is 115 Å². The highest BCUT2D eigenvalue weighted by Gasteiger charge is 2.09. The van der Waals surface area contributed by atoms with Gasteiger partial charge in [0.15, 0.2) is 0 Å². The minimum absolute atomic E-state index is 0.0243. The fraction of sp³-hybridized carbons (Fsp3) is 0.533. The van der Waals surface area contributed by atoms with E-state index in [9.17, 15) is 4.79 Å². The molecule has 3 heteroatoms. The van der Waals surface area contributed by atoms with E-state index in [-0.39, 0.29) is 11.9 Å². The van der Waals surface area contributed by atoms with Crippen molar-refractivity contribution in [2.24, 2.45) is 5.92 Å². The van der Waals surface area contributed by atoms with Gasteiger partial charge in [0.1, 0.15) is 0 Å². The average Bonchev–Trinajstić information content (AvgIpc) is 2.29. The third-order valence-electron chi connectivity index (χ3n) is 2.90. The minimum Gasteiger partial charge on any atom is -0.350 e. The molecule has 18 heavy (non-hydrogen) atoms. The molecule has 0 saturated carbocycles. The Hall–Kier alpha value is -1.02.